The molecular weight excluding hydrogens is 256 g/mol. The summed E-state index contributed by atoms with van der Waals surface area (Å²) in [5.74, 6) is 0.990. The van der Waals surface area contributed by atoms with Crippen LogP contribution in [-0.2, 0) is 0 Å². The van der Waals surface area contributed by atoms with Gasteiger partial charge in [0, 0.05) is 29.8 Å². The Balaban J connectivity index is 1.48. The monoisotopic (exact) mass is 278 g/mol. The molecule has 2 unspecified atom stereocenters. The fourth-order valence-electron chi connectivity index (χ4n) is 3.75. The Kier molecular flexibility index (Phi) is 4.29. The molecule has 1 saturated heterocycles. The van der Waals surface area contributed by atoms with E-state index in [1.54, 1.807) is 0 Å². The largest absolute Gasteiger partial charge is 0.384 e. The maximum atomic E-state index is 5.89. The molecule has 19 heavy (non-hydrogen) atoms. The number of benzene rings is 1. The van der Waals surface area contributed by atoms with Gasteiger partial charge in [0.1, 0.15) is 0 Å². The summed E-state index contributed by atoms with van der Waals surface area (Å²) in [6.45, 7) is 3.50. The normalized spacial score (nSPS) is 27.2. The van der Waals surface area contributed by atoms with Crippen LogP contribution in [0.2, 0.25) is 5.02 Å². The number of piperidine rings is 1. The Morgan fingerprint density at radius 3 is 2.74 bits per heavy atom. The Morgan fingerprint density at radius 2 is 1.89 bits per heavy atom. The van der Waals surface area contributed by atoms with E-state index >= 15 is 0 Å². The van der Waals surface area contributed by atoms with Crippen LogP contribution in [0.1, 0.15) is 32.1 Å². The van der Waals surface area contributed by atoms with Gasteiger partial charge in [0.25, 0.3) is 0 Å². The molecule has 1 aliphatic heterocycles. The molecule has 1 N–H and O–H groups in total. The number of likely N-dealkylation sites (tertiary alicyclic amines) is 1. The van der Waals surface area contributed by atoms with Crippen molar-refractivity contribution in [3.05, 3.63) is 29.3 Å². The van der Waals surface area contributed by atoms with Crippen LogP contribution >= 0.6 is 11.6 Å². The van der Waals surface area contributed by atoms with Gasteiger partial charge in [-0.3, -0.25) is 4.90 Å². The molecule has 1 aromatic rings. The predicted molar refractivity (Wildman–Crippen MR) is 81.9 cm³/mol. The zero-order valence-corrected chi connectivity index (χ0v) is 12.2. The number of fused-ring (bicyclic) bond motifs is 1. The van der Waals surface area contributed by atoms with E-state index in [0.717, 1.165) is 23.5 Å². The Hall–Kier alpha value is -0.730. The third kappa shape index (κ3) is 3.24. The first kappa shape index (κ1) is 13.3. The van der Waals surface area contributed by atoms with E-state index in [-0.39, 0.29) is 0 Å². The average molecular weight is 279 g/mol. The number of anilines is 1. The Bertz CT molecular complexity index is 404. The van der Waals surface area contributed by atoms with E-state index in [0.29, 0.717) is 0 Å². The van der Waals surface area contributed by atoms with Crippen molar-refractivity contribution in [3.8, 4) is 0 Å². The van der Waals surface area contributed by atoms with Gasteiger partial charge in [-0.1, -0.05) is 18.0 Å². The second-order valence-corrected chi connectivity index (χ2v) is 6.31. The molecule has 0 radical (unpaired) electrons. The summed E-state index contributed by atoms with van der Waals surface area (Å²) < 4.78 is 0. The number of nitrogens with one attached hydrogen (secondary N) is 1. The van der Waals surface area contributed by atoms with E-state index in [9.17, 15) is 0 Å². The minimum Gasteiger partial charge on any atom is -0.384 e. The van der Waals surface area contributed by atoms with Crippen LogP contribution in [0.15, 0.2) is 24.3 Å². The highest BCUT2D eigenvalue weighted by Gasteiger charge is 2.34. The molecule has 1 aliphatic carbocycles. The summed E-state index contributed by atoms with van der Waals surface area (Å²) in [5.41, 5.74) is 1.17. The molecule has 2 aliphatic rings. The van der Waals surface area contributed by atoms with Crippen LogP contribution in [0.3, 0.4) is 0 Å². The van der Waals surface area contributed by atoms with Crippen LogP contribution in [0.5, 0.6) is 0 Å². The molecule has 0 bridgehead atoms. The van der Waals surface area contributed by atoms with Crippen molar-refractivity contribution in [2.75, 3.05) is 25.0 Å². The maximum Gasteiger partial charge on any atom is 0.0407 e. The maximum absolute atomic E-state index is 5.89. The summed E-state index contributed by atoms with van der Waals surface area (Å²) in [5, 5.41) is 4.30. The second-order valence-electron chi connectivity index (χ2n) is 5.87. The van der Waals surface area contributed by atoms with E-state index in [4.69, 9.17) is 11.6 Å². The zero-order chi connectivity index (χ0) is 13.1. The second kappa shape index (κ2) is 6.15. The first-order valence-electron chi connectivity index (χ1n) is 7.56. The van der Waals surface area contributed by atoms with Crippen LogP contribution in [0, 0.1) is 5.92 Å². The highest BCUT2D eigenvalue weighted by atomic mass is 35.5. The van der Waals surface area contributed by atoms with Gasteiger partial charge in [0.15, 0.2) is 0 Å². The van der Waals surface area contributed by atoms with Crippen molar-refractivity contribution in [1.29, 1.82) is 0 Å². The van der Waals surface area contributed by atoms with Crippen molar-refractivity contribution in [2.45, 2.75) is 38.1 Å². The predicted octanol–water partition coefficient (Wildman–Crippen LogP) is 4.02. The molecule has 0 amide bonds. The van der Waals surface area contributed by atoms with Gasteiger partial charge in [0.05, 0.1) is 0 Å². The lowest BCUT2D eigenvalue weighted by Crippen LogP contribution is -2.44. The van der Waals surface area contributed by atoms with E-state index in [1.807, 2.05) is 12.1 Å². The lowest BCUT2D eigenvalue weighted by Gasteiger charge is -2.37. The molecule has 2 nitrogen and oxygen atoms in total. The highest BCUT2D eigenvalue weighted by Crippen LogP contribution is 2.36. The smallest absolute Gasteiger partial charge is 0.0407 e. The highest BCUT2D eigenvalue weighted by molar-refractivity contribution is 6.30. The fourth-order valence-corrected chi connectivity index (χ4v) is 3.87. The Morgan fingerprint density at radius 1 is 1.11 bits per heavy atom. The van der Waals surface area contributed by atoms with E-state index in [2.05, 4.69) is 22.3 Å². The van der Waals surface area contributed by atoms with Gasteiger partial charge in [0.2, 0.25) is 0 Å². The van der Waals surface area contributed by atoms with Crippen LogP contribution in [0.4, 0.5) is 5.69 Å². The summed E-state index contributed by atoms with van der Waals surface area (Å²) in [4.78, 5) is 2.71. The topological polar surface area (TPSA) is 15.3 Å². The first-order valence-corrected chi connectivity index (χ1v) is 7.94. The molecule has 104 valence electrons. The van der Waals surface area contributed by atoms with E-state index in [1.165, 1.54) is 50.9 Å². The molecule has 3 rings (SSSR count). The van der Waals surface area contributed by atoms with Crippen LogP contribution in [-0.4, -0.2) is 30.6 Å². The van der Waals surface area contributed by atoms with Crippen molar-refractivity contribution >= 4 is 17.3 Å². The van der Waals surface area contributed by atoms with E-state index < -0.39 is 0 Å². The van der Waals surface area contributed by atoms with Gasteiger partial charge >= 0.3 is 0 Å². The number of halogens is 1. The molecule has 0 aromatic heterocycles. The number of nitrogens with zero attached hydrogens (tertiary/aromatic N) is 1. The third-order valence-corrected chi connectivity index (χ3v) is 4.93. The number of hydrogen-bond donors (Lipinski definition) is 1. The number of hydrogen-bond acceptors (Lipinski definition) is 2. The van der Waals surface area contributed by atoms with Gasteiger partial charge < -0.3 is 5.32 Å². The van der Waals surface area contributed by atoms with Crippen LogP contribution < -0.4 is 5.32 Å². The minimum absolute atomic E-state index is 0.801. The standard InChI is InChI=1S/C16H23ClN2/c17-14-6-8-15(9-7-14)18-10-12-19-11-2-4-13-3-1-5-16(13)19/h6-9,13,16,18H,1-5,10-12H2. The van der Waals surface area contributed by atoms with Crippen LogP contribution in [0.25, 0.3) is 0 Å². The zero-order valence-electron chi connectivity index (χ0n) is 11.4. The van der Waals surface area contributed by atoms with Gasteiger partial charge in [-0.25, -0.2) is 0 Å². The molecule has 1 heterocycles. The molecule has 2 atom stereocenters. The molecule has 3 heteroatoms. The summed E-state index contributed by atoms with van der Waals surface area (Å²) >= 11 is 5.89. The van der Waals surface area contributed by atoms with Gasteiger partial charge in [-0.15, -0.1) is 0 Å². The van der Waals surface area contributed by atoms with Crippen molar-refractivity contribution < 1.29 is 0 Å². The van der Waals surface area contributed by atoms with Crippen molar-refractivity contribution in [1.82, 2.24) is 4.90 Å². The van der Waals surface area contributed by atoms with Crippen molar-refractivity contribution in [2.24, 2.45) is 5.92 Å². The fraction of sp³-hybridized carbons (Fsp3) is 0.625. The lowest BCUT2D eigenvalue weighted by atomic mass is 9.92. The lowest BCUT2D eigenvalue weighted by molar-refractivity contribution is 0.118. The summed E-state index contributed by atoms with van der Waals surface area (Å²) in [6, 6.07) is 8.87. The molecule has 2 fully saturated rings. The minimum atomic E-state index is 0.801. The van der Waals surface area contributed by atoms with Gasteiger partial charge in [-0.05, 0) is 62.4 Å². The molecule has 1 saturated carbocycles. The SMILES string of the molecule is Clc1ccc(NCCN2CCCC3CCCC32)cc1. The molecular formula is C16H23ClN2. The van der Waals surface area contributed by atoms with Gasteiger partial charge in [-0.2, -0.15) is 0 Å². The quantitative estimate of drug-likeness (QED) is 0.895. The third-order valence-electron chi connectivity index (χ3n) is 4.68. The summed E-state index contributed by atoms with van der Waals surface area (Å²) in [6.07, 6.45) is 7.18. The Labute approximate surface area is 121 Å². The van der Waals surface area contributed by atoms with Crippen molar-refractivity contribution in [3.63, 3.8) is 0 Å². The first-order chi connectivity index (χ1) is 9.33. The number of rotatable bonds is 4. The average Bonchev–Trinajstić information content (AvgIpc) is 2.90. The molecule has 1 aromatic carbocycles. The summed E-state index contributed by atoms with van der Waals surface area (Å²) in [7, 11) is 0. The molecule has 0 spiro atoms.